The number of carbonyl (C=O) groups is 3. The minimum absolute atomic E-state index is 0.0638. The van der Waals surface area contributed by atoms with Gasteiger partial charge in [-0.1, -0.05) is 0 Å². The lowest BCUT2D eigenvalue weighted by Gasteiger charge is -2.10. The van der Waals surface area contributed by atoms with Crippen LogP contribution in [0.2, 0.25) is 0 Å². The Morgan fingerprint density at radius 3 is 2.55 bits per heavy atom. The zero-order chi connectivity index (χ0) is 15.7. The Hall–Kier alpha value is -2.57. The third-order valence-electron chi connectivity index (χ3n) is 3.42. The van der Waals surface area contributed by atoms with Crippen molar-refractivity contribution in [2.24, 2.45) is 5.92 Å². The van der Waals surface area contributed by atoms with Crippen molar-refractivity contribution in [2.45, 2.75) is 19.8 Å². The Labute approximate surface area is 126 Å². The van der Waals surface area contributed by atoms with Crippen molar-refractivity contribution in [2.75, 3.05) is 18.7 Å². The quantitative estimate of drug-likeness (QED) is 0.655. The van der Waals surface area contributed by atoms with E-state index in [9.17, 15) is 14.4 Å². The van der Waals surface area contributed by atoms with E-state index in [-0.39, 0.29) is 31.1 Å². The summed E-state index contributed by atoms with van der Waals surface area (Å²) in [4.78, 5) is 34.9. The Morgan fingerprint density at radius 2 is 1.91 bits per heavy atom. The van der Waals surface area contributed by atoms with E-state index in [1.54, 1.807) is 0 Å². The highest BCUT2D eigenvalue weighted by Crippen LogP contribution is 2.37. The first-order valence-electron chi connectivity index (χ1n) is 6.95. The number of hydrogen-bond acceptors (Lipinski definition) is 6. The number of carbonyl (C=O) groups excluding carboxylic acids is 3. The first kappa shape index (κ1) is 14.4. The maximum Gasteiger partial charge on any atom is 0.309 e. The highest BCUT2D eigenvalue weighted by atomic mass is 16.7. The predicted molar refractivity (Wildman–Crippen MR) is 74.9 cm³/mol. The highest BCUT2D eigenvalue weighted by Gasteiger charge is 2.31. The number of rotatable bonds is 5. The number of anilines is 1. The Kier molecular flexibility index (Phi) is 3.70. The van der Waals surface area contributed by atoms with E-state index < -0.39 is 5.91 Å². The molecule has 1 aromatic carbocycles. The normalized spacial score (nSPS) is 15.3. The van der Waals surface area contributed by atoms with E-state index in [0.29, 0.717) is 22.7 Å². The molecule has 0 atom stereocenters. The SMILES string of the molecule is CC(=O)c1cc2c(cc1NC(=O)COC(=O)C1CC1)OCO2. The fourth-order valence-electron chi connectivity index (χ4n) is 2.10. The maximum atomic E-state index is 11.9. The first-order chi connectivity index (χ1) is 10.5. The van der Waals surface area contributed by atoms with Crippen LogP contribution in [0.3, 0.4) is 0 Å². The molecule has 1 aromatic rings. The van der Waals surface area contributed by atoms with Gasteiger partial charge < -0.3 is 19.5 Å². The molecule has 1 N–H and O–H groups in total. The number of esters is 1. The van der Waals surface area contributed by atoms with Crippen LogP contribution in [-0.2, 0) is 14.3 Å². The Bertz CT molecular complexity index is 650. The molecule has 1 heterocycles. The number of amides is 1. The van der Waals surface area contributed by atoms with Gasteiger partial charge in [0.25, 0.3) is 5.91 Å². The van der Waals surface area contributed by atoms with Gasteiger partial charge in [-0.2, -0.15) is 0 Å². The van der Waals surface area contributed by atoms with E-state index in [1.165, 1.54) is 19.1 Å². The molecule has 0 radical (unpaired) electrons. The average molecular weight is 305 g/mol. The molecule has 1 aliphatic heterocycles. The molecule has 0 spiro atoms. The summed E-state index contributed by atoms with van der Waals surface area (Å²) in [6.45, 7) is 1.09. The monoisotopic (exact) mass is 305 g/mol. The topological polar surface area (TPSA) is 90.9 Å². The van der Waals surface area contributed by atoms with Gasteiger partial charge in [0.1, 0.15) is 0 Å². The number of benzene rings is 1. The van der Waals surface area contributed by atoms with E-state index in [0.717, 1.165) is 12.8 Å². The van der Waals surface area contributed by atoms with Crippen molar-refractivity contribution in [3.8, 4) is 11.5 Å². The van der Waals surface area contributed by atoms with Crippen LogP contribution in [-0.4, -0.2) is 31.1 Å². The molecule has 2 aliphatic rings. The minimum atomic E-state index is -0.504. The molecule has 0 saturated heterocycles. The summed E-state index contributed by atoms with van der Waals surface area (Å²) in [6, 6.07) is 3.05. The van der Waals surface area contributed by atoms with Crippen LogP contribution in [0, 0.1) is 5.92 Å². The molecule has 0 aromatic heterocycles. The maximum absolute atomic E-state index is 11.9. The van der Waals surface area contributed by atoms with Crippen LogP contribution in [0.4, 0.5) is 5.69 Å². The molecule has 1 amide bonds. The van der Waals surface area contributed by atoms with Crippen LogP contribution in [0.15, 0.2) is 12.1 Å². The van der Waals surface area contributed by atoms with Gasteiger partial charge in [-0.15, -0.1) is 0 Å². The van der Waals surface area contributed by atoms with Gasteiger partial charge in [0.2, 0.25) is 6.79 Å². The van der Waals surface area contributed by atoms with Crippen LogP contribution < -0.4 is 14.8 Å². The van der Waals surface area contributed by atoms with Gasteiger partial charge in [-0.3, -0.25) is 14.4 Å². The summed E-state index contributed by atoms with van der Waals surface area (Å²) in [7, 11) is 0. The molecule has 1 aliphatic carbocycles. The first-order valence-corrected chi connectivity index (χ1v) is 6.95. The molecular formula is C15H15NO6. The summed E-state index contributed by atoms with van der Waals surface area (Å²) in [6.07, 6.45) is 1.63. The van der Waals surface area contributed by atoms with E-state index >= 15 is 0 Å². The van der Waals surface area contributed by atoms with Crippen molar-refractivity contribution in [1.82, 2.24) is 0 Å². The summed E-state index contributed by atoms with van der Waals surface area (Å²) < 4.78 is 15.3. The summed E-state index contributed by atoms with van der Waals surface area (Å²) >= 11 is 0. The lowest BCUT2D eigenvalue weighted by atomic mass is 10.1. The number of nitrogens with one attached hydrogen (secondary N) is 1. The van der Waals surface area contributed by atoms with Gasteiger partial charge in [0, 0.05) is 11.6 Å². The summed E-state index contributed by atoms with van der Waals surface area (Å²) in [5.74, 6) is -0.226. The fraction of sp³-hybridized carbons (Fsp3) is 0.400. The molecule has 1 saturated carbocycles. The van der Waals surface area contributed by atoms with Crippen LogP contribution >= 0.6 is 0 Å². The van der Waals surface area contributed by atoms with Crippen molar-refractivity contribution in [1.29, 1.82) is 0 Å². The lowest BCUT2D eigenvalue weighted by molar-refractivity contribution is -0.148. The number of ether oxygens (including phenoxy) is 3. The number of ketones is 1. The van der Waals surface area contributed by atoms with E-state index in [2.05, 4.69) is 5.32 Å². The molecule has 116 valence electrons. The predicted octanol–water partition coefficient (Wildman–Crippen LogP) is 1.51. The van der Waals surface area contributed by atoms with E-state index in [1.807, 2.05) is 0 Å². The number of hydrogen-bond donors (Lipinski definition) is 1. The van der Waals surface area contributed by atoms with Crippen molar-refractivity contribution < 1.29 is 28.6 Å². The van der Waals surface area contributed by atoms with Crippen molar-refractivity contribution in [3.05, 3.63) is 17.7 Å². The largest absolute Gasteiger partial charge is 0.455 e. The zero-order valence-corrected chi connectivity index (χ0v) is 12.0. The minimum Gasteiger partial charge on any atom is -0.455 e. The molecule has 7 heteroatoms. The lowest BCUT2D eigenvalue weighted by Crippen LogP contribution is -2.22. The molecule has 1 fully saturated rings. The molecular weight excluding hydrogens is 290 g/mol. The summed E-state index contributed by atoms with van der Waals surface area (Å²) in [5, 5.41) is 2.56. The smallest absolute Gasteiger partial charge is 0.309 e. The zero-order valence-electron chi connectivity index (χ0n) is 12.0. The second-order valence-electron chi connectivity index (χ2n) is 5.24. The van der Waals surface area contributed by atoms with Gasteiger partial charge in [0.05, 0.1) is 11.6 Å². The van der Waals surface area contributed by atoms with Crippen LogP contribution in [0.5, 0.6) is 11.5 Å². The fourth-order valence-corrected chi connectivity index (χ4v) is 2.10. The van der Waals surface area contributed by atoms with Gasteiger partial charge >= 0.3 is 5.97 Å². The van der Waals surface area contributed by atoms with Crippen molar-refractivity contribution >= 4 is 23.3 Å². The Balaban J connectivity index is 1.69. The third kappa shape index (κ3) is 3.03. The highest BCUT2D eigenvalue weighted by molar-refractivity contribution is 6.05. The molecule has 3 rings (SSSR count). The van der Waals surface area contributed by atoms with E-state index in [4.69, 9.17) is 14.2 Å². The van der Waals surface area contributed by atoms with Gasteiger partial charge in [-0.25, -0.2) is 0 Å². The average Bonchev–Trinajstić information content (AvgIpc) is 3.23. The third-order valence-corrected chi connectivity index (χ3v) is 3.42. The van der Waals surface area contributed by atoms with Gasteiger partial charge in [0.15, 0.2) is 23.9 Å². The second kappa shape index (κ2) is 5.67. The second-order valence-corrected chi connectivity index (χ2v) is 5.24. The standard InChI is InChI=1S/C15H15NO6/c1-8(17)10-4-12-13(22-7-21-12)5-11(10)16-14(18)6-20-15(19)9-2-3-9/h4-5,9H,2-3,6-7H2,1H3,(H,16,18). The molecule has 7 nitrogen and oxygen atoms in total. The summed E-state index contributed by atoms with van der Waals surface area (Å²) in [5.41, 5.74) is 0.621. The molecule has 22 heavy (non-hydrogen) atoms. The van der Waals surface area contributed by atoms with Crippen molar-refractivity contribution in [3.63, 3.8) is 0 Å². The molecule has 0 bridgehead atoms. The number of fused-ring (bicyclic) bond motifs is 1. The van der Waals surface area contributed by atoms with Crippen LogP contribution in [0.1, 0.15) is 30.1 Å². The Morgan fingerprint density at radius 1 is 1.23 bits per heavy atom. The van der Waals surface area contributed by atoms with Gasteiger partial charge in [-0.05, 0) is 25.8 Å². The molecule has 0 unspecified atom stereocenters. The number of Topliss-reactive ketones (excluding diaryl/α,β-unsaturated/α-hetero) is 1. The van der Waals surface area contributed by atoms with Crippen LogP contribution in [0.25, 0.3) is 0 Å².